The number of carbonyl (C=O) groups excluding carboxylic acids is 1. The molecule has 0 amide bonds. The van der Waals surface area contributed by atoms with Crippen LogP contribution in [0.15, 0.2) is 0 Å². The van der Waals surface area contributed by atoms with E-state index in [1.807, 2.05) is 0 Å². The van der Waals surface area contributed by atoms with E-state index in [0.717, 1.165) is 0 Å². The molecule has 0 aliphatic carbocycles. The average Bonchev–Trinajstić information content (AvgIpc) is 1.81. The van der Waals surface area contributed by atoms with Gasteiger partial charge in [-0.15, -0.1) is 0 Å². The smallest absolute Gasteiger partial charge is 0.323 e. The summed E-state index contributed by atoms with van der Waals surface area (Å²) < 4.78 is 28.4. The van der Waals surface area contributed by atoms with Crippen molar-refractivity contribution in [1.29, 1.82) is 0 Å². The number of esters is 1. The zero-order chi connectivity index (χ0) is 10.6. The molecule has 0 rings (SSSR count). The molecule has 0 heterocycles. The lowest BCUT2D eigenvalue weighted by Crippen LogP contribution is -2.38. The summed E-state index contributed by atoms with van der Waals surface area (Å²) >= 11 is 0. The second-order valence-corrected chi connectivity index (χ2v) is 3.77. The Hall–Kier alpha value is -0.710. The molecule has 13 heavy (non-hydrogen) atoms. The Bertz CT molecular complexity index is 177. The van der Waals surface area contributed by atoms with Crippen molar-refractivity contribution in [3.63, 3.8) is 0 Å². The Morgan fingerprint density at radius 1 is 1.46 bits per heavy atom. The van der Waals surface area contributed by atoms with Gasteiger partial charge < -0.3 is 10.5 Å². The van der Waals surface area contributed by atoms with E-state index in [2.05, 4.69) is 0 Å². The predicted molar refractivity (Wildman–Crippen MR) is 44.4 cm³/mol. The summed E-state index contributed by atoms with van der Waals surface area (Å²) in [6, 6.07) is -1.24. The minimum absolute atomic E-state index is 0.658. The number of nitrogens with two attached hydrogens (primary N) is 1. The Morgan fingerprint density at radius 2 is 1.92 bits per heavy atom. The maximum absolute atomic E-state index is 11.8. The summed E-state index contributed by atoms with van der Waals surface area (Å²) in [4.78, 5) is 11.0. The summed E-state index contributed by atoms with van der Waals surface area (Å²) in [6.07, 6.45) is -3.24. The van der Waals surface area contributed by atoms with Crippen molar-refractivity contribution in [2.24, 2.45) is 5.73 Å². The number of hydrogen-bond acceptors (Lipinski definition) is 3. The third-order valence-corrected chi connectivity index (χ3v) is 1.14. The predicted octanol–water partition coefficient (Wildman–Crippen LogP) is 1.31. The van der Waals surface area contributed by atoms with Gasteiger partial charge in [0.15, 0.2) is 0 Å². The average molecular weight is 195 g/mol. The Kier molecular flexibility index (Phi) is 4.26. The first-order valence-electron chi connectivity index (χ1n) is 3.99. The summed E-state index contributed by atoms with van der Waals surface area (Å²) in [5.41, 5.74) is 4.49. The maximum atomic E-state index is 11.8. The van der Waals surface area contributed by atoms with Gasteiger partial charge in [-0.2, -0.15) is 0 Å². The fourth-order valence-electron chi connectivity index (χ4n) is 0.666. The highest BCUT2D eigenvalue weighted by Crippen LogP contribution is 2.10. The first kappa shape index (κ1) is 12.3. The van der Waals surface area contributed by atoms with Gasteiger partial charge in [-0.1, -0.05) is 0 Å². The van der Waals surface area contributed by atoms with Crippen LogP contribution in [0.2, 0.25) is 0 Å². The second kappa shape index (κ2) is 4.50. The Balaban J connectivity index is 3.97. The van der Waals surface area contributed by atoms with Gasteiger partial charge in [-0.3, -0.25) is 4.79 Å². The molecule has 0 bridgehead atoms. The zero-order valence-electron chi connectivity index (χ0n) is 8.01. The van der Waals surface area contributed by atoms with Crippen LogP contribution in [0.5, 0.6) is 0 Å². The standard InChI is InChI=1S/C8H15F2NO2/c1-8(2,3)13-7(12)5(11)4-6(9)10/h5-6H,4,11H2,1-3H3/t5-/m1/s1. The highest BCUT2D eigenvalue weighted by Gasteiger charge is 2.24. The molecule has 0 radical (unpaired) electrons. The SMILES string of the molecule is CC(C)(C)OC(=O)[C@H](N)CC(F)F. The van der Waals surface area contributed by atoms with Gasteiger partial charge in [0, 0.05) is 6.42 Å². The van der Waals surface area contributed by atoms with Crippen LogP contribution in [-0.4, -0.2) is 24.0 Å². The third kappa shape index (κ3) is 6.45. The van der Waals surface area contributed by atoms with Crippen LogP contribution >= 0.6 is 0 Å². The van der Waals surface area contributed by atoms with Crippen molar-refractivity contribution in [2.45, 2.75) is 45.3 Å². The van der Waals surface area contributed by atoms with Crippen LogP contribution in [0.3, 0.4) is 0 Å². The molecular weight excluding hydrogens is 180 g/mol. The monoisotopic (exact) mass is 195 g/mol. The lowest BCUT2D eigenvalue weighted by molar-refractivity contribution is -0.157. The molecule has 0 spiro atoms. The Labute approximate surface area is 76.2 Å². The van der Waals surface area contributed by atoms with Crippen LogP contribution in [0.4, 0.5) is 8.78 Å². The van der Waals surface area contributed by atoms with Crippen LogP contribution in [0.25, 0.3) is 0 Å². The quantitative estimate of drug-likeness (QED) is 0.691. The van der Waals surface area contributed by atoms with Gasteiger partial charge in [0.2, 0.25) is 6.43 Å². The molecule has 0 aromatic rings. The molecular formula is C8H15F2NO2. The van der Waals surface area contributed by atoms with Crippen molar-refractivity contribution < 1.29 is 18.3 Å². The number of rotatable bonds is 3. The third-order valence-electron chi connectivity index (χ3n) is 1.14. The van der Waals surface area contributed by atoms with Gasteiger partial charge in [-0.25, -0.2) is 8.78 Å². The summed E-state index contributed by atoms with van der Waals surface area (Å²) in [5.74, 6) is -0.784. The first-order valence-corrected chi connectivity index (χ1v) is 3.99. The summed E-state index contributed by atoms with van der Waals surface area (Å²) in [7, 11) is 0. The number of hydrogen-bond donors (Lipinski definition) is 1. The number of alkyl halides is 2. The first-order chi connectivity index (χ1) is 5.72. The largest absolute Gasteiger partial charge is 0.459 e. The van der Waals surface area contributed by atoms with Crippen molar-refractivity contribution >= 4 is 5.97 Å². The van der Waals surface area contributed by atoms with Gasteiger partial charge in [-0.05, 0) is 20.8 Å². The normalized spacial score (nSPS) is 14.4. The molecule has 3 nitrogen and oxygen atoms in total. The van der Waals surface area contributed by atoms with Gasteiger partial charge in [0.05, 0.1) is 0 Å². The van der Waals surface area contributed by atoms with Crippen LogP contribution in [0.1, 0.15) is 27.2 Å². The molecule has 2 N–H and O–H groups in total. The molecule has 78 valence electrons. The lowest BCUT2D eigenvalue weighted by atomic mass is 10.1. The van der Waals surface area contributed by atoms with Crippen molar-refractivity contribution in [3.05, 3.63) is 0 Å². The van der Waals surface area contributed by atoms with Crippen LogP contribution < -0.4 is 5.73 Å². The molecule has 5 heteroatoms. The van der Waals surface area contributed by atoms with Gasteiger partial charge >= 0.3 is 5.97 Å². The van der Waals surface area contributed by atoms with Crippen LogP contribution in [-0.2, 0) is 9.53 Å². The summed E-state index contributed by atoms with van der Waals surface area (Å²) in [6.45, 7) is 4.96. The molecule has 0 fully saturated rings. The molecule has 1 atom stereocenters. The fourth-order valence-corrected chi connectivity index (χ4v) is 0.666. The zero-order valence-corrected chi connectivity index (χ0v) is 8.01. The van der Waals surface area contributed by atoms with Crippen molar-refractivity contribution in [1.82, 2.24) is 0 Å². The van der Waals surface area contributed by atoms with E-state index in [9.17, 15) is 13.6 Å². The minimum atomic E-state index is -2.58. The van der Waals surface area contributed by atoms with E-state index in [0.29, 0.717) is 0 Å². The molecule has 0 aliphatic rings. The molecule has 0 aliphatic heterocycles. The van der Waals surface area contributed by atoms with Gasteiger partial charge in [0.25, 0.3) is 0 Å². The highest BCUT2D eigenvalue weighted by atomic mass is 19.3. The highest BCUT2D eigenvalue weighted by molar-refractivity contribution is 5.75. The van der Waals surface area contributed by atoms with E-state index >= 15 is 0 Å². The minimum Gasteiger partial charge on any atom is -0.459 e. The van der Waals surface area contributed by atoms with E-state index < -0.39 is 30.5 Å². The fraction of sp³-hybridized carbons (Fsp3) is 0.875. The topological polar surface area (TPSA) is 52.3 Å². The maximum Gasteiger partial charge on any atom is 0.323 e. The van der Waals surface area contributed by atoms with E-state index in [-0.39, 0.29) is 0 Å². The van der Waals surface area contributed by atoms with E-state index in [4.69, 9.17) is 10.5 Å². The molecule has 0 saturated heterocycles. The molecule has 0 aromatic carbocycles. The van der Waals surface area contributed by atoms with E-state index in [1.54, 1.807) is 20.8 Å². The number of halogens is 2. The molecule has 0 saturated carbocycles. The molecule has 0 unspecified atom stereocenters. The second-order valence-electron chi connectivity index (χ2n) is 3.77. The Morgan fingerprint density at radius 3 is 2.23 bits per heavy atom. The van der Waals surface area contributed by atoms with E-state index in [1.165, 1.54) is 0 Å². The molecule has 0 aromatic heterocycles. The summed E-state index contributed by atoms with van der Waals surface area (Å²) in [5, 5.41) is 0. The number of ether oxygens (including phenoxy) is 1. The number of carbonyl (C=O) groups is 1. The van der Waals surface area contributed by atoms with Crippen molar-refractivity contribution in [2.75, 3.05) is 0 Å². The van der Waals surface area contributed by atoms with Crippen LogP contribution in [0, 0.1) is 0 Å². The lowest BCUT2D eigenvalue weighted by Gasteiger charge is -2.21. The van der Waals surface area contributed by atoms with Gasteiger partial charge in [0.1, 0.15) is 11.6 Å². The van der Waals surface area contributed by atoms with Crippen molar-refractivity contribution in [3.8, 4) is 0 Å².